The Kier molecular flexibility index (Phi) is 3.39. The second kappa shape index (κ2) is 5.35. The first-order valence-electron chi connectivity index (χ1n) is 6.07. The summed E-state index contributed by atoms with van der Waals surface area (Å²) in [6.45, 7) is -0.0870. The summed E-state index contributed by atoms with van der Waals surface area (Å²) in [4.78, 5) is 11.8. The number of nitrogens with zero attached hydrogens (tertiary/aromatic N) is 2. The fourth-order valence-electron chi connectivity index (χ4n) is 1.91. The van der Waals surface area contributed by atoms with Crippen LogP contribution in [0.5, 0.6) is 5.75 Å². The zero-order valence-corrected chi connectivity index (χ0v) is 11.2. The summed E-state index contributed by atoms with van der Waals surface area (Å²) >= 11 is 5.71. The molecule has 0 aliphatic heterocycles. The second-order valence-corrected chi connectivity index (χ2v) is 4.73. The van der Waals surface area contributed by atoms with Crippen LogP contribution in [0.1, 0.15) is 4.79 Å². The van der Waals surface area contributed by atoms with Crippen molar-refractivity contribution in [2.45, 2.75) is 0 Å². The highest BCUT2D eigenvalue weighted by Crippen LogP contribution is 2.20. The van der Waals surface area contributed by atoms with Gasteiger partial charge in [0.2, 0.25) is 0 Å². The highest BCUT2D eigenvalue weighted by atomic mass is 35.5. The smallest absolute Gasteiger partial charge is 0.284 e. The summed E-state index contributed by atoms with van der Waals surface area (Å²) in [7, 11) is 0. The predicted molar refractivity (Wildman–Crippen MR) is 77.3 cm³/mol. The number of ether oxygens (including phenoxy) is 1. The monoisotopic (exact) mass is 286 g/mol. The fraction of sp³-hybridized carbons (Fsp3) is 0.0667. The van der Waals surface area contributed by atoms with Gasteiger partial charge in [0.25, 0.3) is 5.91 Å². The molecule has 0 aliphatic carbocycles. The van der Waals surface area contributed by atoms with E-state index in [-0.39, 0.29) is 12.5 Å². The van der Waals surface area contributed by atoms with Gasteiger partial charge in [0, 0.05) is 0 Å². The maximum atomic E-state index is 11.8. The third-order valence-electron chi connectivity index (χ3n) is 2.89. The van der Waals surface area contributed by atoms with Crippen LogP contribution >= 0.6 is 11.6 Å². The Hall–Kier alpha value is -2.33. The number of aromatic nitrogens is 2. The lowest BCUT2D eigenvalue weighted by Crippen LogP contribution is -2.19. The molecular weight excluding hydrogens is 276 g/mol. The van der Waals surface area contributed by atoms with Crippen LogP contribution in [0.2, 0.25) is 5.02 Å². The minimum absolute atomic E-state index is 0.0870. The van der Waals surface area contributed by atoms with Gasteiger partial charge in [0.15, 0.2) is 6.61 Å². The van der Waals surface area contributed by atoms with E-state index in [9.17, 15) is 4.79 Å². The molecule has 1 aromatic heterocycles. The molecule has 3 aromatic rings. The van der Waals surface area contributed by atoms with Gasteiger partial charge in [-0.05, 0) is 22.9 Å². The van der Waals surface area contributed by atoms with E-state index in [0.717, 1.165) is 10.8 Å². The minimum Gasteiger partial charge on any atom is -0.484 e. The van der Waals surface area contributed by atoms with Crippen LogP contribution in [0.25, 0.3) is 10.8 Å². The molecule has 0 unspecified atom stereocenters. The molecule has 0 aliphatic rings. The van der Waals surface area contributed by atoms with Crippen LogP contribution in [-0.4, -0.2) is 22.3 Å². The Morgan fingerprint density at radius 3 is 2.75 bits per heavy atom. The third-order valence-corrected chi connectivity index (χ3v) is 3.09. The maximum Gasteiger partial charge on any atom is 0.284 e. The quantitative estimate of drug-likeness (QED) is 0.741. The molecule has 0 radical (unpaired) electrons. The van der Waals surface area contributed by atoms with Crippen molar-refractivity contribution in [3.8, 4) is 5.75 Å². The number of fused-ring (bicyclic) bond motifs is 1. The number of carbonyl (C=O) groups is 1. The van der Waals surface area contributed by atoms with Crippen LogP contribution in [0.3, 0.4) is 0 Å². The topological polar surface area (TPSA) is 44.1 Å². The van der Waals surface area contributed by atoms with E-state index in [1.165, 1.54) is 17.1 Å². The van der Waals surface area contributed by atoms with E-state index in [1.807, 2.05) is 42.5 Å². The number of carbonyl (C=O) groups excluding carboxylic acids is 1. The van der Waals surface area contributed by atoms with E-state index >= 15 is 0 Å². The number of hydrogen-bond donors (Lipinski definition) is 0. The lowest BCUT2D eigenvalue weighted by atomic mass is 10.1. The van der Waals surface area contributed by atoms with Gasteiger partial charge < -0.3 is 4.74 Å². The average Bonchev–Trinajstić information content (AvgIpc) is 2.91. The SMILES string of the molecule is O=C(COc1ccc2ccccc2c1)n1cc(Cl)cn1. The molecule has 0 saturated carbocycles. The molecule has 0 saturated heterocycles. The zero-order chi connectivity index (χ0) is 13.9. The first-order valence-corrected chi connectivity index (χ1v) is 6.45. The van der Waals surface area contributed by atoms with Crippen LogP contribution in [-0.2, 0) is 0 Å². The summed E-state index contributed by atoms with van der Waals surface area (Å²) in [5.74, 6) is 0.375. The van der Waals surface area contributed by atoms with E-state index in [0.29, 0.717) is 10.8 Å². The maximum absolute atomic E-state index is 11.8. The molecule has 0 N–H and O–H groups in total. The van der Waals surface area contributed by atoms with Crippen molar-refractivity contribution in [1.82, 2.24) is 9.78 Å². The van der Waals surface area contributed by atoms with Gasteiger partial charge in [-0.15, -0.1) is 0 Å². The van der Waals surface area contributed by atoms with Crippen molar-refractivity contribution in [2.75, 3.05) is 6.61 Å². The van der Waals surface area contributed by atoms with E-state index in [1.54, 1.807) is 0 Å². The Morgan fingerprint density at radius 1 is 1.20 bits per heavy atom. The molecule has 20 heavy (non-hydrogen) atoms. The molecule has 0 bridgehead atoms. The lowest BCUT2D eigenvalue weighted by Gasteiger charge is -2.06. The molecule has 0 spiro atoms. The zero-order valence-electron chi connectivity index (χ0n) is 10.5. The van der Waals surface area contributed by atoms with Crippen molar-refractivity contribution < 1.29 is 9.53 Å². The van der Waals surface area contributed by atoms with Crippen LogP contribution in [0.4, 0.5) is 0 Å². The first kappa shape index (κ1) is 12.7. The highest BCUT2D eigenvalue weighted by Gasteiger charge is 2.07. The molecule has 0 atom stereocenters. The predicted octanol–water partition coefficient (Wildman–Crippen LogP) is 3.41. The number of benzene rings is 2. The molecule has 4 nitrogen and oxygen atoms in total. The average molecular weight is 287 g/mol. The Morgan fingerprint density at radius 2 is 2.00 bits per heavy atom. The molecule has 100 valence electrons. The number of rotatable bonds is 3. The van der Waals surface area contributed by atoms with E-state index in [2.05, 4.69) is 5.10 Å². The van der Waals surface area contributed by atoms with Crippen LogP contribution in [0.15, 0.2) is 54.9 Å². The molecule has 3 rings (SSSR count). The number of hydrogen-bond acceptors (Lipinski definition) is 3. The molecule has 0 amide bonds. The largest absolute Gasteiger partial charge is 0.484 e. The van der Waals surface area contributed by atoms with Gasteiger partial charge in [0.1, 0.15) is 5.75 Å². The Balaban J connectivity index is 1.72. The van der Waals surface area contributed by atoms with Crippen LogP contribution < -0.4 is 4.74 Å². The van der Waals surface area contributed by atoms with Gasteiger partial charge in [-0.2, -0.15) is 5.10 Å². The van der Waals surface area contributed by atoms with Gasteiger partial charge >= 0.3 is 0 Å². The summed E-state index contributed by atoms with van der Waals surface area (Å²) in [5.41, 5.74) is 0. The Labute approximate surface area is 120 Å². The van der Waals surface area contributed by atoms with Crippen molar-refractivity contribution in [3.63, 3.8) is 0 Å². The van der Waals surface area contributed by atoms with E-state index < -0.39 is 0 Å². The van der Waals surface area contributed by atoms with Crippen LogP contribution in [0, 0.1) is 0 Å². The van der Waals surface area contributed by atoms with Crippen molar-refractivity contribution >= 4 is 28.3 Å². The Bertz CT molecular complexity index is 767. The normalized spacial score (nSPS) is 10.7. The summed E-state index contributed by atoms with van der Waals surface area (Å²) in [6, 6.07) is 13.7. The second-order valence-electron chi connectivity index (χ2n) is 4.29. The molecule has 0 fully saturated rings. The third kappa shape index (κ3) is 2.65. The van der Waals surface area contributed by atoms with Crippen molar-refractivity contribution in [1.29, 1.82) is 0 Å². The standard InChI is InChI=1S/C15H11ClN2O2/c16-13-8-17-18(9-13)15(19)10-20-14-6-5-11-3-1-2-4-12(11)7-14/h1-9H,10H2. The molecule has 1 heterocycles. The van der Waals surface area contributed by atoms with Gasteiger partial charge in [-0.25, -0.2) is 4.68 Å². The summed E-state index contributed by atoms with van der Waals surface area (Å²) < 4.78 is 6.66. The number of halogens is 1. The lowest BCUT2D eigenvalue weighted by molar-refractivity contribution is 0.0821. The van der Waals surface area contributed by atoms with Crippen molar-refractivity contribution in [3.05, 3.63) is 59.9 Å². The van der Waals surface area contributed by atoms with Crippen molar-refractivity contribution in [2.24, 2.45) is 0 Å². The molecule has 2 aromatic carbocycles. The first-order chi connectivity index (χ1) is 9.72. The molecule has 5 heteroatoms. The molecular formula is C15H11ClN2O2. The summed E-state index contributed by atoms with van der Waals surface area (Å²) in [5, 5.41) is 6.45. The van der Waals surface area contributed by atoms with Gasteiger partial charge in [-0.3, -0.25) is 4.79 Å². The van der Waals surface area contributed by atoms with E-state index in [4.69, 9.17) is 16.3 Å². The highest BCUT2D eigenvalue weighted by molar-refractivity contribution is 6.30. The minimum atomic E-state index is -0.273. The van der Waals surface area contributed by atoms with Gasteiger partial charge in [-0.1, -0.05) is 41.9 Å². The summed E-state index contributed by atoms with van der Waals surface area (Å²) in [6.07, 6.45) is 2.86. The van der Waals surface area contributed by atoms with Gasteiger partial charge in [0.05, 0.1) is 17.4 Å². The fourth-order valence-corrected chi connectivity index (χ4v) is 2.04.